The van der Waals surface area contributed by atoms with Crippen molar-refractivity contribution in [3.63, 3.8) is 0 Å². The van der Waals surface area contributed by atoms with Gasteiger partial charge >= 0.3 is 0 Å². The lowest BCUT2D eigenvalue weighted by atomic mass is 10.1. The Morgan fingerprint density at radius 3 is 2.83 bits per heavy atom. The van der Waals surface area contributed by atoms with Gasteiger partial charge in [-0.05, 0) is 31.5 Å². The molecule has 3 unspecified atom stereocenters. The zero-order valence-corrected chi connectivity index (χ0v) is 14.8. The van der Waals surface area contributed by atoms with Crippen molar-refractivity contribution in [2.75, 3.05) is 32.8 Å². The molecule has 0 aliphatic carbocycles. The minimum atomic E-state index is -3.65. The van der Waals surface area contributed by atoms with Crippen LogP contribution in [0.15, 0.2) is 24.3 Å². The second kappa shape index (κ2) is 7.05. The predicted octanol–water partition coefficient (Wildman–Crippen LogP) is 1.13. The third kappa shape index (κ3) is 3.48. The Morgan fingerprint density at radius 2 is 2.08 bits per heavy atom. The van der Waals surface area contributed by atoms with Gasteiger partial charge in [0.1, 0.15) is 5.82 Å². The second-order valence-electron chi connectivity index (χ2n) is 6.46. The van der Waals surface area contributed by atoms with E-state index in [1.165, 1.54) is 20.7 Å². The molecule has 0 amide bonds. The van der Waals surface area contributed by atoms with Gasteiger partial charge in [-0.15, -0.1) is 0 Å². The largest absolute Gasteiger partial charge is 0.375 e. The maximum absolute atomic E-state index is 13.6. The first kappa shape index (κ1) is 17.8. The topological polar surface area (TPSA) is 61.9 Å². The summed E-state index contributed by atoms with van der Waals surface area (Å²) in [6.07, 6.45) is -0.133. The summed E-state index contributed by atoms with van der Waals surface area (Å²) in [7, 11) is -3.65. The molecule has 2 aliphatic heterocycles. The molecular weight excluding hydrogens is 333 g/mol. The van der Waals surface area contributed by atoms with Crippen LogP contribution in [-0.2, 0) is 14.9 Å². The van der Waals surface area contributed by atoms with Gasteiger partial charge in [0.2, 0.25) is 0 Å². The van der Waals surface area contributed by atoms with Crippen molar-refractivity contribution in [3.05, 3.63) is 35.6 Å². The van der Waals surface area contributed by atoms with Gasteiger partial charge in [0, 0.05) is 32.2 Å². The molecule has 6 nitrogen and oxygen atoms in total. The van der Waals surface area contributed by atoms with E-state index in [9.17, 15) is 12.8 Å². The first-order valence-corrected chi connectivity index (χ1v) is 9.65. The molecule has 0 spiro atoms. The average molecular weight is 357 g/mol. The highest BCUT2D eigenvalue weighted by molar-refractivity contribution is 7.86. The molecule has 2 saturated heterocycles. The van der Waals surface area contributed by atoms with Crippen LogP contribution in [0.3, 0.4) is 0 Å². The monoisotopic (exact) mass is 357 g/mol. The summed E-state index contributed by atoms with van der Waals surface area (Å²) in [6.45, 7) is 5.86. The lowest BCUT2D eigenvalue weighted by Crippen LogP contribution is -2.58. The molecule has 1 aromatic rings. The molecule has 3 rings (SSSR count). The van der Waals surface area contributed by atoms with Crippen molar-refractivity contribution in [2.24, 2.45) is 0 Å². The van der Waals surface area contributed by atoms with Crippen LogP contribution in [0.1, 0.15) is 25.5 Å². The highest BCUT2D eigenvalue weighted by Crippen LogP contribution is 2.29. The van der Waals surface area contributed by atoms with Gasteiger partial charge in [-0.25, -0.2) is 4.39 Å². The van der Waals surface area contributed by atoms with Crippen LogP contribution in [-0.4, -0.2) is 62.0 Å². The first-order chi connectivity index (χ1) is 11.4. The summed E-state index contributed by atoms with van der Waals surface area (Å²) in [4.78, 5) is 0. The Labute approximate surface area is 142 Å². The van der Waals surface area contributed by atoms with Crippen LogP contribution >= 0.6 is 0 Å². The van der Waals surface area contributed by atoms with Crippen molar-refractivity contribution in [3.8, 4) is 0 Å². The van der Waals surface area contributed by atoms with Gasteiger partial charge < -0.3 is 10.1 Å². The Balaban J connectivity index is 1.91. The zero-order chi connectivity index (χ0) is 17.3. The van der Waals surface area contributed by atoms with Crippen LogP contribution in [0, 0.1) is 5.82 Å². The van der Waals surface area contributed by atoms with E-state index in [0.717, 1.165) is 0 Å². The van der Waals surface area contributed by atoms with Crippen LogP contribution < -0.4 is 5.32 Å². The minimum Gasteiger partial charge on any atom is -0.375 e. The molecule has 2 fully saturated rings. The SMILES string of the molecule is CC1CN(S(=O)(=O)N2CCNCC2c2cccc(F)c2)C(C)CO1. The minimum absolute atomic E-state index is 0.133. The number of halogens is 1. The fourth-order valence-corrected chi connectivity index (χ4v) is 5.31. The van der Waals surface area contributed by atoms with Gasteiger partial charge in [-0.2, -0.15) is 17.0 Å². The number of nitrogens with zero attached hydrogens (tertiary/aromatic N) is 2. The molecule has 2 heterocycles. The van der Waals surface area contributed by atoms with Gasteiger partial charge in [0.05, 0.1) is 18.8 Å². The standard InChI is InChI=1S/C16H24FN3O3S/c1-12-11-23-13(2)10-20(12)24(21,22)19-7-6-18-9-16(19)14-4-3-5-15(17)8-14/h3-5,8,12-13,16,18H,6-7,9-11H2,1-2H3. The number of hydrogen-bond donors (Lipinski definition) is 1. The number of nitrogens with one attached hydrogen (secondary N) is 1. The lowest BCUT2D eigenvalue weighted by Gasteiger charge is -2.42. The van der Waals surface area contributed by atoms with Crippen LogP contribution in [0.25, 0.3) is 0 Å². The summed E-state index contributed by atoms with van der Waals surface area (Å²) in [5, 5.41) is 3.21. The lowest BCUT2D eigenvalue weighted by molar-refractivity contribution is -0.0198. The van der Waals surface area contributed by atoms with E-state index in [2.05, 4.69) is 5.32 Å². The van der Waals surface area contributed by atoms with Gasteiger partial charge in [-0.1, -0.05) is 12.1 Å². The Hall–Kier alpha value is -1.06. The number of ether oxygens (including phenoxy) is 1. The molecule has 0 saturated carbocycles. The quantitative estimate of drug-likeness (QED) is 0.881. The summed E-state index contributed by atoms with van der Waals surface area (Å²) in [6, 6.07) is 5.53. The van der Waals surface area contributed by atoms with Gasteiger partial charge in [-0.3, -0.25) is 0 Å². The van der Waals surface area contributed by atoms with E-state index in [1.54, 1.807) is 12.1 Å². The maximum atomic E-state index is 13.6. The van der Waals surface area contributed by atoms with Gasteiger partial charge in [0.25, 0.3) is 10.2 Å². The van der Waals surface area contributed by atoms with Crippen LogP contribution in [0.2, 0.25) is 0 Å². The van der Waals surface area contributed by atoms with E-state index in [1.807, 2.05) is 13.8 Å². The van der Waals surface area contributed by atoms with E-state index < -0.39 is 16.3 Å². The molecular formula is C16H24FN3O3S. The van der Waals surface area contributed by atoms with Crippen molar-refractivity contribution < 1.29 is 17.5 Å². The van der Waals surface area contributed by atoms with Crippen molar-refractivity contribution >= 4 is 10.2 Å². The molecule has 24 heavy (non-hydrogen) atoms. The highest BCUT2D eigenvalue weighted by atomic mass is 32.2. The third-order valence-electron chi connectivity index (χ3n) is 4.57. The molecule has 0 bridgehead atoms. The summed E-state index contributed by atoms with van der Waals surface area (Å²) < 4.78 is 48.6. The fraction of sp³-hybridized carbons (Fsp3) is 0.625. The Kier molecular flexibility index (Phi) is 5.22. The third-order valence-corrected chi connectivity index (χ3v) is 6.70. The molecule has 134 valence electrons. The molecule has 0 radical (unpaired) electrons. The number of benzene rings is 1. The Bertz CT molecular complexity index is 685. The van der Waals surface area contributed by atoms with Crippen molar-refractivity contribution in [1.29, 1.82) is 0 Å². The summed E-state index contributed by atoms with van der Waals surface area (Å²) in [5.41, 5.74) is 0.666. The molecule has 1 aromatic carbocycles. The highest BCUT2D eigenvalue weighted by Gasteiger charge is 2.41. The van der Waals surface area contributed by atoms with Crippen LogP contribution in [0.4, 0.5) is 4.39 Å². The second-order valence-corrected chi connectivity index (χ2v) is 8.29. The molecule has 3 atom stereocenters. The normalized spacial score (nSPS) is 30.4. The molecule has 0 aromatic heterocycles. The summed E-state index contributed by atoms with van der Waals surface area (Å²) in [5.74, 6) is -0.358. The van der Waals surface area contributed by atoms with E-state index in [4.69, 9.17) is 4.74 Å². The zero-order valence-electron chi connectivity index (χ0n) is 14.0. The smallest absolute Gasteiger partial charge is 0.283 e. The Morgan fingerprint density at radius 1 is 1.29 bits per heavy atom. The van der Waals surface area contributed by atoms with E-state index in [0.29, 0.717) is 38.3 Å². The molecule has 1 N–H and O–H groups in total. The number of hydrogen-bond acceptors (Lipinski definition) is 4. The van der Waals surface area contributed by atoms with Crippen molar-refractivity contribution in [1.82, 2.24) is 13.9 Å². The van der Waals surface area contributed by atoms with E-state index in [-0.39, 0.29) is 18.0 Å². The molecule has 2 aliphatic rings. The fourth-order valence-electron chi connectivity index (χ4n) is 3.29. The first-order valence-electron chi connectivity index (χ1n) is 8.26. The number of piperazine rings is 1. The van der Waals surface area contributed by atoms with Gasteiger partial charge in [0.15, 0.2) is 0 Å². The molecule has 8 heteroatoms. The summed E-state index contributed by atoms with van der Waals surface area (Å²) >= 11 is 0. The number of rotatable bonds is 3. The number of morpholine rings is 1. The van der Waals surface area contributed by atoms with Crippen molar-refractivity contribution in [2.45, 2.75) is 32.0 Å². The van der Waals surface area contributed by atoms with Crippen LogP contribution in [0.5, 0.6) is 0 Å². The van der Waals surface area contributed by atoms with E-state index >= 15 is 0 Å². The average Bonchev–Trinajstić information content (AvgIpc) is 2.57. The predicted molar refractivity (Wildman–Crippen MR) is 89.2 cm³/mol. The maximum Gasteiger partial charge on any atom is 0.283 e.